The van der Waals surface area contributed by atoms with Crippen LogP contribution in [0.1, 0.15) is 20.3 Å². The average Bonchev–Trinajstić information content (AvgIpc) is 3.68. The highest BCUT2D eigenvalue weighted by Crippen LogP contribution is 2.47. The van der Waals surface area contributed by atoms with Crippen molar-refractivity contribution in [2.45, 2.75) is 26.1 Å². The summed E-state index contributed by atoms with van der Waals surface area (Å²) in [6, 6.07) is 3.60. The molecule has 2 amide bonds. The fraction of sp³-hybridized carbons (Fsp3) is 0.464. The van der Waals surface area contributed by atoms with Crippen LogP contribution in [0.15, 0.2) is 41.1 Å². The summed E-state index contributed by atoms with van der Waals surface area (Å²) >= 11 is 3.18. The van der Waals surface area contributed by atoms with E-state index >= 15 is 0 Å². The normalized spacial score (nSPS) is 26.0. The predicted molar refractivity (Wildman–Crippen MR) is 166 cm³/mol. The van der Waals surface area contributed by atoms with E-state index in [0.29, 0.717) is 39.3 Å². The van der Waals surface area contributed by atoms with Crippen LogP contribution in [0.2, 0.25) is 0 Å². The van der Waals surface area contributed by atoms with Crippen molar-refractivity contribution < 1.29 is 19.4 Å². The number of ether oxygens (including phenoxy) is 1. The van der Waals surface area contributed by atoms with Crippen LogP contribution in [0.5, 0.6) is 0 Å². The van der Waals surface area contributed by atoms with Gasteiger partial charge in [0.05, 0.1) is 45.2 Å². The maximum atomic E-state index is 13.2. The molecule has 2 fully saturated rings. The lowest BCUT2D eigenvalue weighted by molar-refractivity contribution is -0.155. The molecule has 0 radical (unpaired) electrons. The smallest absolute Gasteiger partial charge is 0.318 e. The molecular weight excluding hydrogens is 576 g/mol. The number of fused-ring (bicyclic) bond motifs is 1. The van der Waals surface area contributed by atoms with Crippen molar-refractivity contribution in [2.75, 3.05) is 55.7 Å². The highest BCUT2D eigenvalue weighted by molar-refractivity contribution is 7.20. The van der Waals surface area contributed by atoms with Gasteiger partial charge in [-0.05, 0) is 45.0 Å². The minimum atomic E-state index is -1.43. The SMILES string of the molecule is CCNC(=O)NC1(C2CNCCC2(C)C(=O)O)N=CC=CN1c1cc(-c2cnc(N3CCOCC3)s2)c2scnc2c1. The quantitative estimate of drug-likeness (QED) is 0.317. The Hall–Kier alpha value is -3.59. The summed E-state index contributed by atoms with van der Waals surface area (Å²) in [5, 5.41) is 20.6. The highest BCUT2D eigenvalue weighted by atomic mass is 32.1. The Kier molecular flexibility index (Phi) is 7.87. The summed E-state index contributed by atoms with van der Waals surface area (Å²) in [4.78, 5) is 45.3. The second-order valence-electron chi connectivity index (χ2n) is 10.7. The van der Waals surface area contributed by atoms with E-state index in [0.717, 1.165) is 44.6 Å². The Morgan fingerprint density at radius 1 is 1.26 bits per heavy atom. The Balaban J connectivity index is 1.48. The molecule has 3 aliphatic rings. The number of piperidine rings is 1. The lowest BCUT2D eigenvalue weighted by Gasteiger charge is -2.52. The van der Waals surface area contributed by atoms with Gasteiger partial charge in [-0.15, -0.1) is 11.3 Å². The maximum Gasteiger partial charge on any atom is 0.318 e. The van der Waals surface area contributed by atoms with Crippen molar-refractivity contribution in [3.8, 4) is 10.4 Å². The first-order chi connectivity index (χ1) is 20.4. The summed E-state index contributed by atoms with van der Waals surface area (Å²) in [7, 11) is 0. The molecule has 2 aromatic heterocycles. The van der Waals surface area contributed by atoms with Gasteiger partial charge in [-0.2, -0.15) is 0 Å². The van der Waals surface area contributed by atoms with Crippen LogP contribution in [0, 0.1) is 11.3 Å². The zero-order valence-corrected chi connectivity index (χ0v) is 25.1. The number of hydrogen-bond donors (Lipinski definition) is 4. The third-order valence-corrected chi connectivity index (χ3v) is 10.2. The zero-order valence-electron chi connectivity index (χ0n) is 23.5. The molecule has 3 atom stereocenters. The molecule has 3 unspecified atom stereocenters. The first-order valence-corrected chi connectivity index (χ1v) is 15.7. The van der Waals surface area contributed by atoms with E-state index in [9.17, 15) is 14.7 Å². The van der Waals surface area contributed by atoms with Crippen LogP contribution in [0.3, 0.4) is 0 Å². The van der Waals surface area contributed by atoms with Crippen molar-refractivity contribution in [2.24, 2.45) is 16.3 Å². The molecule has 12 nitrogen and oxygen atoms in total. The van der Waals surface area contributed by atoms with Crippen LogP contribution < -0.4 is 25.8 Å². The fourth-order valence-electron chi connectivity index (χ4n) is 5.95. The second kappa shape index (κ2) is 11.6. The molecule has 2 saturated heterocycles. The van der Waals surface area contributed by atoms with Gasteiger partial charge in [-0.3, -0.25) is 10.1 Å². The van der Waals surface area contributed by atoms with E-state index in [2.05, 4.69) is 31.9 Å². The number of anilines is 2. The Labute approximate surface area is 251 Å². The summed E-state index contributed by atoms with van der Waals surface area (Å²) in [5.41, 5.74) is 3.15. The number of aliphatic imine (C=N–C) groups is 1. The van der Waals surface area contributed by atoms with Gasteiger partial charge in [0, 0.05) is 56.0 Å². The van der Waals surface area contributed by atoms with Gasteiger partial charge < -0.3 is 30.3 Å². The molecule has 0 spiro atoms. The van der Waals surface area contributed by atoms with Crippen molar-refractivity contribution in [1.29, 1.82) is 0 Å². The van der Waals surface area contributed by atoms with Crippen molar-refractivity contribution in [1.82, 2.24) is 25.9 Å². The van der Waals surface area contributed by atoms with Gasteiger partial charge in [0.15, 0.2) is 5.13 Å². The van der Waals surface area contributed by atoms with E-state index < -0.39 is 29.1 Å². The van der Waals surface area contributed by atoms with E-state index in [1.54, 1.807) is 41.9 Å². The molecule has 42 heavy (non-hydrogen) atoms. The third kappa shape index (κ3) is 5.02. The van der Waals surface area contributed by atoms with E-state index in [1.807, 2.05) is 35.8 Å². The lowest BCUT2D eigenvalue weighted by atomic mass is 9.68. The summed E-state index contributed by atoms with van der Waals surface area (Å²) in [6.45, 7) is 7.84. The highest BCUT2D eigenvalue weighted by Gasteiger charge is 2.57. The summed E-state index contributed by atoms with van der Waals surface area (Å²) < 4.78 is 6.54. The lowest BCUT2D eigenvalue weighted by Crippen LogP contribution is -2.71. The van der Waals surface area contributed by atoms with Gasteiger partial charge in [0.2, 0.25) is 5.79 Å². The Bertz CT molecular complexity index is 1530. The van der Waals surface area contributed by atoms with Gasteiger partial charge in [-0.1, -0.05) is 11.3 Å². The number of hydrogen-bond acceptors (Lipinski definition) is 11. The van der Waals surface area contributed by atoms with Gasteiger partial charge in [0.1, 0.15) is 0 Å². The van der Waals surface area contributed by atoms with Crippen molar-refractivity contribution in [3.63, 3.8) is 0 Å². The minimum Gasteiger partial charge on any atom is -0.481 e. The number of aromatic nitrogens is 2. The molecule has 0 aliphatic carbocycles. The number of amides is 2. The number of allylic oxidation sites excluding steroid dienone is 1. The second-order valence-corrected chi connectivity index (χ2v) is 12.6. The maximum absolute atomic E-state index is 13.2. The number of thiazole rings is 2. The summed E-state index contributed by atoms with van der Waals surface area (Å²) in [6.07, 6.45) is 7.55. The van der Waals surface area contributed by atoms with Gasteiger partial charge >= 0.3 is 12.0 Å². The van der Waals surface area contributed by atoms with Crippen molar-refractivity contribution >= 4 is 61.9 Å². The van der Waals surface area contributed by atoms with Gasteiger partial charge in [-0.25, -0.2) is 19.8 Å². The number of carboxylic acids is 1. The van der Waals surface area contributed by atoms with E-state index in [4.69, 9.17) is 14.7 Å². The largest absolute Gasteiger partial charge is 0.481 e. The number of carboxylic acid groups (broad SMARTS) is 1. The van der Waals surface area contributed by atoms with Crippen molar-refractivity contribution in [3.05, 3.63) is 36.1 Å². The predicted octanol–water partition coefficient (Wildman–Crippen LogP) is 3.33. The first kappa shape index (κ1) is 28.5. The van der Waals surface area contributed by atoms with Crippen LogP contribution in [-0.2, 0) is 9.53 Å². The van der Waals surface area contributed by atoms with Crippen LogP contribution in [0.25, 0.3) is 20.7 Å². The van der Waals surface area contributed by atoms with Crippen LogP contribution in [-0.4, -0.2) is 85.0 Å². The van der Waals surface area contributed by atoms with E-state index in [-0.39, 0.29) is 0 Å². The molecule has 3 aliphatic heterocycles. The molecular formula is C28H34N8O4S2. The van der Waals surface area contributed by atoms with Crippen LogP contribution >= 0.6 is 22.7 Å². The molecule has 14 heteroatoms. The number of rotatable bonds is 7. The standard InChI is InChI=1S/C28H34N8O4S2/c1-3-30-25(39)34-28(22-16-29-7-5-27(22,2)24(37)38)33-6-4-8-36(28)18-13-19(23-20(14-18)32-17-41-23)21-15-31-26(42-21)35-9-11-40-12-10-35/h4,6,8,13-15,17,22,29H,3,5,7,9-12,16H2,1-2H3,(H,37,38)(H2,30,34,39). The zero-order chi connectivity index (χ0) is 29.3. The number of nitrogens with zero attached hydrogens (tertiary/aromatic N) is 5. The average molecular weight is 611 g/mol. The first-order valence-electron chi connectivity index (χ1n) is 14.0. The van der Waals surface area contributed by atoms with E-state index in [1.165, 1.54) is 0 Å². The molecule has 0 bridgehead atoms. The number of nitrogens with one attached hydrogen (secondary N) is 3. The summed E-state index contributed by atoms with van der Waals surface area (Å²) in [5.74, 6) is -2.97. The minimum absolute atomic E-state index is 0.348. The topological polar surface area (TPSA) is 144 Å². The van der Waals surface area contributed by atoms with Gasteiger partial charge in [0.25, 0.3) is 0 Å². The monoisotopic (exact) mass is 610 g/mol. The number of urea groups is 1. The Morgan fingerprint density at radius 2 is 2.10 bits per heavy atom. The number of aliphatic carboxylic acids is 1. The fourth-order valence-corrected chi connectivity index (χ4v) is 7.81. The molecule has 5 heterocycles. The number of morpholine rings is 1. The molecule has 3 aromatic rings. The molecule has 4 N–H and O–H groups in total. The molecule has 0 saturated carbocycles. The molecule has 1 aromatic carbocycles. The molecule has 6 rings (SSSR count). The third-order valence-electron chi connectivity index (χ3n) is 8.24. The number of benzene rings is 1. The molecule has 222 valence electrons. The number of carbonyl (C=O) groups is 2. The number of carbonyl (C=O) groups excluding carboxylic acids is 1. The Morgan fingerprint density at radius 3 is 2.88 bits per heavy atom. The van der Waals surface area contributed by atoms with Crippen LogP contribution in [0.4, 0.5) is 15.6 Å².